The van der Waals surface area contributed by atoms with E-state index in [2.05, 4.69) is 72.4 Å². The van der Waals surface area contributed by atoms with Gasteiger partial charge < -0.3 is 4.98 Å². The van der Waals surface area contributed by atoms with Crippen LogP contribution in [0.4, 0.5) is 0 Å². The molecule has 1 saturated heterocycles. The second-order valence-electron chi connectivity index (χ2n) is 7.70. The van der Waals surface area contributed by atoms with Gasteiger partial charge in [0.1, 0.15) is 0 Å². The Balaban J connectivity index is 1.63. The average Bonchev–Trinajstić information content (AvgIpc) is 3.40. The van der Waals surface area contributed by atoms with Gasteiger partial charge in [0.25, 0.3) is 0 Å². The minimum Gasteiger partial charge on any atom is -0.355 e. The number of nitrogens with one attached hydrogen (secondary N) is 1. The van der Waals surface area contributed by atoms with E-state index in [-0.39, 0.29) is 0 Å². The summed E-state index contributed by atoms with van der Waals surface area (Å²) in [6, 6.07) is 5.59. The predicted molar refractivity (Wildman–Crippen MR) is 108 cm³/mol. The minimum atomic E-state index is 0.295. The van der Waals surface area contributed by atoms with Gasteiger partial charge in [0.2, 0.25) is 0 Å². The van der Waals surface area contributed by atoms with Gasteiger partial charge in [0.15, 0.2) is 0 Å². The molecule has 4 nitrogen and oxygen atoms in total. The van der Waals surface area contributed by atoms with E-state index < -0.39 is 0 Å². The van der Waals surface area contributed by atoms with E-state index in [1.165, 1.54) is 18.4 Å². The van der Waals surface area contributed by atoms with E-state index in [9.17, 15) is 0 Å². The van der Waals surface area contributed by atoms with Crippen LogP contribution in [-0.4, -0.2) is 46.5 Å². The monoisotopic (exact) mass is 344 g/mol. The first-order valence-electron chi connectivity index (χ1n) is 9.50. The SMILES string of the molecule is CC1=c2ccc([nH]2)=CC2=NC(=CC3CCC(CC4C=CC1=N4)N3C)C=C2. The lowest BCUT2D eigenvalue weighted by Crippen LogP contribution is -2.33. The van der Waals surface area contributed by atoms with Crippen LogP contribution in [0.1, 0.15) is 26.2 Å². The molecule has 0 saturated carbocycles. The molecular formula is C22H24N4. The lowest BCUT2D eigenvalue weighted by molar-refractivity contribution is 0.255. The summed E-state index contributed by atoms with van der Waals surface area (Å²) in [7, 11) is 2.25. The zero-order valence-corrected chi connectivity index (χ0v) is 15.3. The summed E-state index contributed by atoms with van der Waals surface area (Å²) in [5.74, 6) is 0. The fourth-order valence-electron chi connectivity index (χ4n) is 4.40. The Labute approximate surface area is 153 Å². The molecule has 132 valence electrons. The van der Waals surface area contributed by atoms with Crippen LogP contribution >= 0.6 is 0 Å². The zero-order chi connectivity index (χ0) is 17.7. The predicted octanol–water partition coefficient (Wildman–Crippen LogP) is 2.11. The number of likely N-dealkylation sites (N-methyl/N-ethyl adjacent to an activating group) is 1. The number of aromatic amines is 1. The highest BCUT2D eigenvalue weighted by atomic mass is 15.2. The molecule has 1 fully saturated rings. The topological polar surface area (TPSA) is 43.8 Å². The van der Waals surface area contributed by atoms with Gasteiger partial charge in [0.05, 0.1) is 23.2 Å². The smallest absolute Gasteiger partial charge is 0.0705 e. The molecule has 1 aromatic rings. The Morgan fingerprint density at radius 3 is 3.00 bits per heavy atom. The van der Waals surface area contributed by atoms with Gasteiger partial charge >= 0.3 is 0 Å². The molecule has 0 radical (unpaired) electrons. The Kier molecular flexibility index (Phi) is 3.68. The Bertz CT molecular complexity index is 1010. The molecule has 0 spiro atoms. The minimum absolute atomic E-state index is 0.295. The third-order valence-corrected chi connectivity index (χ3v) is 6.04. The molecule has 4 aliphatic heterocycles. The first kappa shape index (κ1) is 15.8. The van der Waals surface area contributed by atoms with Crippen LogP contribution < -0.4 is 10.7 Å². The third-order valence-electron chi connectivity index (χ3n) is 6.04. The van der Waals surface area contributed by atoms with Gasteiger partial charge in [-0.25, -0.2) is 4.99 Å². The molecule has 3 unspecified atom stereocenters. The largest absolute Gasteiger partial charge is 0.355 e. The van der Waals surface area contributed by atoms with E-state index in [1.807, 2.05) is 0 Å². The van der Waals surface area contributed by atoms with Crippen molar-refractivity contribution in [3.8, 4) is 0 Å². The number of fused-ring (bicyclic) bond motifs is 6. The molecule has 5 rings (SSSR count). The van der Waals surface area contributed by atoms with Crippen LogP contribution in [0.5, 0.6) is 0 Å². The third kappa shape index (κ3) is 2.74. The van der Waals surface area contributed by atoms with Crippen LogP contribution in [0.15, 0.2) is 58.2 Å². The fraction of sp³-hybridized carbons (Fsp3) is 0.364. The van der Waals surface area contributed by atoms with Crippen molar-refractivity contribution >= 4 is 23.1 Å². The van der Waals surface area contributed by atoms with Crippen molar-refractivity contribution < 1.29 is 0 Å². The highest BCUT2D eigenvalue weighted by Gasteiger charge is 2.31. The zero-order valence-electron chi connectivity index (χ0n) is 15.3. The van der Waals surface area contributed by atoms with Gasteiger partial charge in [-0.3, -0.25) is 9.89 Å². The molecule has 1 aromatic heterocycles. The van der Waals surface area contributed by atoms with Gasteiger partial charge in [-0.15, -0.1) is 0 Å². The first-order chi connectivity index (χ1) is 12.7. The number of hydrogen-bond acceptors (Lipinski definition) is 3. The van der Waals surface area contributed by atoms with Crippen molar-refractivity contribution in [2.75, 3.05) is 7.05 Å². The van der Waals surface area contributed by atoms with Crippen molar-refractivity contribution in [2.24, 2.45) is 9.98 Å². The Hall–Kier alpha value is -2.46. The Morgan fingerprint density at radius 1 is 1.15 bits per heavy atom. The highest BCUT2D eigenvalue weighted by molar-refractivity contribution is 6.24. The standard InChI is InChI=1S/C22H24N4/c1-14-21-9-5-16(24-21)11-15-3-4-17(23-15)12-19-7-8-20(26(19)2)13-18-6-10-22(14)25-18/h3-6,9-12,18-20,24H,7-8,13H2,1-2H3. The maximum absolute atomic E-state index is 4.98. The van der Waals surface area contributed by atoms with Crippen molar-refractivity contribution in [1.82, 2.24) is 9.88 Å². The number of rotatable bonds is 0. The summed E-state index contributed by atoms with van der Waals surface area (Å²) in [4.78, 5) is 15.8. The Morgan fingerprint density at radius 2 is 2.08 bits per heavy atom. The van der Waals surface area contributed by atoms with Crippen molar-refractivity contribution in [3.05, 3.63) is 58.9 Å². The molecular weight excluding hydrogens is 320 g/mol. The number of H-pyrrole nitrogens is 1. The van der Waals surface area contributed by atoms with Crippen LogP contribution in [0.3, 0.4) is 0 Å². The van der Waals surface area contributed by atoms with Gasteiger partial charge in [-0.1, -0.05) is 6.08 Å². The fourth-order valence-corrected chi connectivity index (χ4v) is 4.40. The molecule has 4 heteroatoms. The molecule has 0 aliphatic carbocycles. The normalized spacial score (nSPS) is 30.3. The molecule has 0 aromatic carbocycles. The highest BCUT2D eigenvalue weighted by Crippen LogP contribution is 2.29. The quantitative estimate of drug-likeness (QED) is 0.770. The number of aromatic nitrogens is 1. The first-order valence-corrected chi connectivity index (χ1v) is 9.50. The number of hydrogen-bond donors (Lipinski definition) is 1. The van der Waals surface area contributed by atoms with E-state index >= 15 is 0 Å². The summed E-state index contributed by atoms with van der Waals surface area (Å²) in [6.45, 7) is 2.15. The molecule has 5 heterocycles. The van der Waals surface area contributed by atoms with E-state index in [4.69, 9.17) is 9.98 Å². The van der Waals surface area contributed by atoms with Crippen LogP contribution in [0.2, 0.25) is 0 Å². The molecule has 0 amide bonds. The van der Waals surface area contributed by atoms with Crippen molar-refractivity contribution in [2.45, 2.75) is 44.3 Å². The van der Waals surface area contributed by atoms with Crippen LogP contribution in [0.25, 0.3) is 11.6 Å². The molecule has 4 aliphatic rings. The summed E-state index contributed by atoms with van der Waals surface area (Å²) >= 11 is 0. The summed E-state index contributed by atoms with van der Waals surface area (Å²) in [6.07, 6.45) is 16.6. The molecule has 3 atom stereocenters. The average molecular weight is 344 g/mol. The van der Waals surface area contributed by atoms with E-state index in [1.54, 1.807) is 0 Å². The van der Waals surface area contributed by atoms with Crippen LogP contribution in [-0.2, 0) is 0 Å². The number of allylic oxidation sites excluding steroid dienone is 3. The van der Waals surface area contributed by atoms with Crippen molar-refractivity contribution in [1.29, 1.82) is 0 Å². The maximum Gasteiger partial charge on any atom is 0.0705 e. The lowest BCUT2D eigenvalue weighted by Gasteiger charge is -2.25. The summed E-state index contributed by atoms with van der Waals surface area (Å²) in [5, 5.41) is 2.21. The second-order valence-corrected chi connectivity index (χ2v) is 7.70. The van der Waals surface area contributed by atoms with E-state index in [0.29, 0.717) is 18.1 Å². The van der Waals surface area contributed by atoms with E-state index in [0.717, 1.165) is 34.2 Å². The number of aliphatic imine (C=N–C) groups is 2. The molecule has 8 bridgehead atoms. The molecule has 1 N–H and O–H groups in total. The van der Waals surface area contributed by atoms with Gasteiger partial charge in [-0.05, 0) is 81.3 Å². The van der Waals surface area contributed by atoms with Gasteiger partial charge in [-0.2, -0.15) is 0 Å². The van der Waals surface area contributed by atoms with Gasteiger partial charge in [0, 0.05) is 22.8 Å². The van der Waals surface area contributed by atoms with Crippen LogP contribution in [0, 0.1) is 0 Å². The van der Waals surface area contributed by atoms with Crippen molar-refractivity contribution in [3.63, 3.8) is 0 Å². The lowest BCUT2D eigenvalue weighted by atomic mass is 10.1. The summed E-state index contributed by atoms with van der Waals surface area (Å²) < 4.78 is 0. The molecule has 26 heavy (non-hydrogen) atoms. The second kappa shape index (κ2) is 6.06. The summed E-state index contributed by atoms with van der Waals surface area (Å²) in [5.41, 5.74) is 4.40. The number of nitrogens with zero attached hydrogens (tertiary/aromatic N) is 3. The maximum atomic E-state index is 4.98.